The van der Waals surface area contributed by atoms with Gasteiger partial charge in [-0.05, 0) is 56.3 Å². The Bertz CT molecular complexity index is 522. The first-order valence-electron chi connectivity index (χ1n) is 6.95. The lowest BCUT2D eigenvalue weighted by molar-refractivity contribution is 0.414. The number of benzene rings is 1. The number of nitrogens with two attached hydrogens (primary N) is 1. The molecule has 1 aromatic heterocycles. The second-order valence-corrected chi connectivity index (χ2v) is 5.99. The Balaban J connectivity index is 1.89. The molecule has 0 aliphatic rings. The quantitative estimate of drug-likeness (QED) is 0.852. The van der Waals surface area contributed by atoms with Gasteiger partial charge >= 0.3 is 0 Å². The van der Waals surface area contributed by atoms with Gasteiger partial charge in [0.25, 0.3) is 0 Å². The van der Waals surface area contributed by atoms with Crippen LogP contribution < -0.4 is 10.5 Å². The van der Waals surface area contributed by atoms with E-state index in [0.717, 1.165) is 37.3 Å². The lowest BCUT2D eigenvalue weighted by atomic mass is 9.94. The van der Waals surface area contributed by atoms with Crippen LogP contribution in [0.2, 0.25) is 0 Å². The highest BCUT2D eigenvalue weighted by atomic mass is 32.1. The van der Waals surface area contributed by atoms with Crippen LogP contribution in [0.5, 0.6) is 5.75 Å². The smallest absolute Gasteiger partial charge is 0.118 e. The highest BCUT2D eigenvalue weighted by Gasteiger charge is 2.10. The van der Waals surface area contributed by atoms with Gasteiger partial charge in [-0.1, -0.05) is 12.1 Å². The molecular formula is C16H22N2OS. The molecule has 1 heterocycles. The van der Waals surface area contributed by atoms with Crippen LogP contribution in [0, 0.1) is 12.8 Å². The predicted molar refractivity (Wildman–Crippen MR) is 84.4 cm³/mol. The van der Waals surface area contributed by atoms with Gasteiger partial charge < -0.3 is 10.5 Å². The van der Waals surface area contributed by atoms with Crippen molar-refractivity contribution in [2.45, 2.75) is 26.2 Å². The molecule has 0 bridgehead atoms. The number of nitrogens with zero attached hydrogens (tertiary/aromatic N) is 1. The lowest BCUT2D eigenvalue weighted by Gasteiger charge is -2.14. The molecule has 1 atom stereocenters. The fourth-order valence-electron chi connectivity index (χ4n) is 2.30. The molecule has 0 fully saturated rings. The van der Waals surface area contributed by atoms with E-state index in [1.54, 1.807) is 18.4 Å². The van der Waals surface area contributed by atoms with Gasteiger partial charge in [0.1, 0.15) is 5.75 Å². The van der Waals surface area contributed by atoms with Crippen molar-refractivity contribution in [3.63, 3.8) is 0 Å². The van der Waals surface area contributed by atoms with Gasteiger partial charge in [-0.25, -0.2) is 4.98 Å². The van der Waals surface area contributed by atoms with E-state index in [1.807, 2.05) is 17.6 Å². The number of ether oxygens (including phenoxy) is 1. The topological polar surface area (TPSA) is 48.1 Å². The van der Waals surface area contributed by atoms with Gasteiger partial charge in [-0.15, -0.1) is 11.3 Å². The van der Waals surface area contributed by atoms with Gasteiger partial charge in [0.15, 0.2) is 0 Å². The Hall–Kier alpha value is -1.39. The number of thiazole rings is 1. The van der Waals surface area contributed by atoms with E-state index in [4.69, 9.17) is 10.5 Å². The first-order valence-corrected chi connectivity index (χ1v) is 7.83. The van der Waals surface area contributed by atoms with E-state index in [9.17, 15) is 0 Å². The Morgan fingerprint density at radius 1 is 1.30 bits per heavy atom. The Morgan fingerprint density at radius 2 is 2.05 bits per heavy atom. The van der Waals surface area contributed by atoms with Crippen molar-refractivity contribution in [3.05, 3.63) is 45.9 Å². The maximum absolute atomic E-state index is 5.92. The molecule has 20 heavy (non-hydrogen) atoms. The van der Waals surface area contributed by atoms with E-state index < -0.39 is 0 Å². The molecule has 3 nitrogen and oxygen atoms in total. The molecule has 108 valence electrons. The van der Waals surface area contributed by atoms with Crippen LogP contribution >= 0.6 is 11.3 Å². The summed E-state index contributed by atoms with van der Waals surface area (Å²) in [7, 11) is 1.69. The number of aryl methyl sites for hydroxylation is 2. The average molecular weight is 290 g/mol. The molecule has 2 rings (SSSR count). The Kier molecular flexibility index (Phi) is 5.56. The van der Waals surface area contributed by atoms with Crippen LogP contribution in [-0.2, 0) is 12.8 Å². The summed E-state index contributed by atoms with van der Waals surface area (Å²) in [5.41, 5.74) is 10.3. The van der Waals surface area contributed by atoms with Crippen molar-refractivity contribution in [3.8, 4) is 5.75 Å². The molecule has 2 N–H and O–H groups in total. The zero-order chi connectivity index (χ0) is 14.4. The van der Waals surface area contributed by atoms with E-state index in [-0.39, 0.29) is 0 Å². The molecule has 0 saturated heterocycles. The Morgan fingerprint density at radius 3 is 2.60 bits per heavy atom. The lowest BCUT2D eigenvalue weighted by Crippen LogP contribution is -2.17. The molecule has 2 aromatic rings. The van der Waals surface area contributed by atoms with Crippen molar-refractivity contribution in [2.75, 3.05) is 13.7 Å². The maximum Gasteiger partial charge on any atom is 0.118 e. The number of aromatic nitrogens is 1. The van der Waals surface area contributed by atoms with Crippen LogP contribution in [0.4, 0.5) is 0 Å². The molecule has 0 spiro atoms. The van der Waals surface area contributed by atoms with Gasteiger partial charge in [-0.3, -0.25) is 0 Å². The zero-order valence-corrected chi connectivity index (χ0v) is 13.0. The molecular weight excluding hydrogens is 268 g/mol. The summed E-state index contributed by atoms with van der Waals surface area (Å²) in [5.74, 6) is 1.42. The Labute approximate surface area is 124 Å². The predicted octanol–water partition coefficient (Wildman–Crippen LogP) is 3.21. The van der Waals surface area contributed by atoms with Gasteiger partial charge in [0.2, 0.25) is 0 Å². The number of methoxy groups -OCH3 is 1. The van der Waals surface area contributed by atoms with Crippen LogP contribution in [-0.4, -0.2) is 18.6 Å². The summed E-state index contributed by atoms with van der Waals surface area (Å²) in [6.45, 7) is 2.80. The van der Waals surface area contributed by atoms with E-state index in [1.165, 1.54) is 10.4 Å². The SMILES string of the molecule is COc1ccc(CC(CN)CCc2scnc2C)cc1. The molecule has 0 aliphatic heterocycles. The minimum Gasteiger partial charge on any atom is -0.497 e. The molecule has 0 amide bonds. The van der Waals surface area contributed by atoms with E-state index in [2.05, 4.69) is 24.0 Å². The first kappa shape index (κ1) is 15.0. The summed E-state index contributed by atoms with van der Waals surface area (Å²) in [6, 6.07) is 8.27. The summed E-state index contributed by atoms with van der Waals surface area (Å²) in [6.07, 6.45) is 3.22. The van der Waals surface area contributed by atoms with Crippen LogP contribution in [0.3, 0.4) is 0 Å². The van der Waals surface area contributed by atoms with Crippen molar-refractivity contribution in [2.24, 2.45) is 11.7 Å². The fourth-order valence-corrected chi connectivity index (χ4v) is 3.10. The molecule has 1 aromatic carbocycles. The summed E-state index contributed by atoms with van der Waals surface area (Å²) in [4.78, 5) is 5.68. The van der Waals surface area contributed by atoms with Crippen molar-refractivity contribution < 1.29 is 4.74 Å². The van der Waals surface area contributed by atoms with Crippen LogP contribution in [0.25, 0.3) is 0 Å². The van der Waals surface area contributed by atoms with E-state index in [0.29, 0.717) is 5.92 Å². The minimum absolute atomic E-state index is 0.518. The third-order valence-electron chi connectivity index (χ3n) is 3.64. The number of rotatable bonds is 7. The summed E-state index contributed by atoms with van der Waals surface area (Å²) >= 11 is 1.74. The van der Waals surface area contributed by atoms with Crippen LogP contribution in [0.15, 0.2) is 29.8 Å². The number of hydrogen-bond donors (Lipinski definition) is 1. The second-order valence-electron chi connectivity index (χ2n) is 5.05. The van der Waals surface area contributed by atoms with Crippen molar-refractivity contribution in [1.29, 1.82) is 0 Å². The molecule has 0 saturated carbocycles. The summed E-state index contributed by atoms with van der Waals surface area (Å²) < 4.78 is 5.18. The van der Waals surface area contributed by atoms with Gasteiger partial charge in [0.05, 0.1) is 18.3 Å². The highest BCUT2D eigenvalue weighted by molar-refractivity contribution is 7.09. The number of hydrogen-bond acceptors (Lipinski definition) is 4. The van der Waals surface area contributed by atoms with Crippen molar-refractivity contribution >= 4 is 11.3 Å². The van der Waals surface area contributed by atoms with E-state index >= 15 is 0 Å². The van der Waals surface area contributed by atoms with Gasteiger partial charge in [0, 0.05) is 4.88 Å². The van der Waals surface area contributed by atoms with Gasteiger partial charge in [-0.2, -0.15) is 0 Å². The molecule has 4 heteroatoms. The summed E-state index contributed by atoms with van der Waals surface area (Å²) in [5, 5.41) is 0. The normalized spacial score (nSPS) is 12.3. The fraction of sp³-hybridized carbons (Fsp3) is 0.438. The third-order valence-corrected chi connectivity index (χ3v) is 4.64. The average Bonchev–Trinajstić information content (AvgIpc) is 2.89. The third kappa shape index (κ3) is 4.05. The molecule has 0 aliphatic carbocycles. The highest BCUT2D eigenvalue weighted by Crippen LogP contribution is 2.20. The van der Waals surface area contributed by atoms with Crippen LogP contribution in [0.1, 0.15) is 22.6 Å². The standard InChI is InChI=1S/C16H22N2OS/c1-12-16(20-11-18-12)8-5-14(10-17)9-13-3-6-15(19-2)7-4-13/h3-4,6-7,11,14H,5,8-10,17H2,1-2H3. The minimum atomic E-state index is 0.518. The molecule has 1 unspecified atom stereocenters. The molecule has 0 radical (unpaired) electrons. The largest absolute Gasteiger partial charge is 0.497 e. The maximum atomic E-state index is 5.92. The zero-order valence-electron chi connectivity index (χ0n) is 12.1. The second kappa shape index (κ2) is 7.41. The van der Waals surface area contributed by atoms with Crippen molar-refractivity contribution in [1.82, 2.24) is 4.98 Å². The first-order chi connectivity index (χ1) is 9.72. The monoisotopic (exact) mass is 290 g/mol.